The summed E-state index contributed by atoms with van der Waals surface area (Å²) in [5, 5.41) is 25.4. The van der Waals surface area contributed by atoms with Crippen molar-refractivity contribution in [1.82, 2.24) is 9.80 Å². The van der Waals surface area contributed by atoms with E-state index in [4.69, 9.17) is 28.1 Å². The summed E-state index contributed by atoms with van der Waals surface area (Å²) in [5.41, 5.74) is 5.41. The van der Waals surface area contributed by atoms with Crippen LogP contribution in [0.4, 0.5) is 0 Å². The zero-order valence-corrected chi connectivity index (χ0v) is 34.0. The van der Waals surface area contributed by atoms with Crippen LogP contribution in [0.5, 0.6) is 28.7 Å². The van der Waals surface area contributed by atoms with E-state index in [1.807, 2.05) is 26.0 Å². The number of fused-ring (bicyclic) bond motifs is 9. The minimum Gasteiger partial charge on any atom is -0.507 e. The smallest absolute Gasteiger partial charge is 0.261 e. The molecular weight excluding hydrogens is 711 g/mol. The maximum atomic E-state index is 12.1. The van der Waals surface area contributed by atoms with Crippen molar-refractivity contribution in [2.24, 2.45) is 0 Å². The fourth-order valence-corrected chi connectivity index (χ4v) is 14.8. The van der Waals surface area contributed by atoms with Crippen molar-refractivity contribution in [1.29, 1.82) is 5.26 Å². The molecule has 4 aromatic rings. The molecule has 1 saturated heterocycles. The number of methoxy groups -OCH3 is 2. The van der Waals surface area contributed by atoms with Crippen molar-refractivity contribution >= 4 is 18.7 Å². The van der Waals surface area contributed by atoms with Gasteiger partial charge in [0.2, 0.25) is 6.79 Å². The van der Waals surface area contributed by atoms with E-state index < -0.39 is 20.4 Å². The Morgan fingerprint density at radius 1 is 0.909 bits per heavy atom. The van der Waals surface area contributed by atoms with Gasteiger partial charge in [-0.3, -0.25) is 9.80 Å². The Bertz CT molecular complexity index is 2090. The number of hydrogen-bond acceptors (Lipinski definition) is 10. The molecule has 2 bridgehead atoms. The number of likely N-dealkylation sites (N-methyl/N-ethyl adjacent to an activating group) is 1. The van der Waals surface area contributed by atoms with Gasteiger partial charge in [0.1, 0.15) is 11.8 Å². The summed E-state index contributed by atoms with van der Waals surface area (Å²) >= 11 is 0. The number of nitrogens with zero attached hydrogens (tertiary/aromatic N) is 3. The Morgan fingerprint density at radius 3 is 2.16 bits per heavy atom. The molecule has 0 aliphatic carbocycles. The lowest BCUT2D eigenvalue weighted by Crippen LogP contribution is -2.70. The van der Waals surface area contributed by atoms with E-state index in [-0.39, 0.29) is 49.1 Å². The third-order valence-corrected chi connectivity index (χ3v) is 17.5. The molecule has 5 atom stereocenters. The first kappa shape index (κ1) is 37.4. The Kier molecular flexibility index (Phi) is 9.63. The number of aromatic hydroxyl groups is 1. The van der Waals surface area contributed by atoms with E-state index in [1.54, 1.807) is 14.2 Å². The van der Waals surface area contributed by atoms with Gasteiger partial charge in [0.25, 0.3) is 8.32 Å². The number of nitriles is 1. The van der Waals surface area contributed by atoms with Crippen LogP contribution in [-0.2, 0) is 22.0 Å². The lowest BCUT2D eigenvalue weighted by atomic mass is 9.71. The maximum absolute atomic E-state index is 12.1. The molecule has 1 fully saturated rings. The summed E-state index contributed by atoms with van der Waals surface area (Å²) in [6.07, 6.45) is 1.11. The number of piperazine rings is 1. The minimum atomic E-state index is -3.04. The fraction of sp³-hybridized carbons (Fsp3) is 0.432. The second-order valence-electron chi connectivity index (χ2n) is 16.3. The lowest BCUT2D eigenvalue weighted by Gasteiger charge is -2.60. The molecule has 4 heterocycles. The highest BCUT2D eigenvalue weighted by molar-refractivity contribution is 6.99. The number of ether oxygens (including phenoxy) is 5. The van der Waals surface area contributed by atoms with E-state index >= 15 is 0 Å². The molecule has 0 radical (unpaired) electrons. The largest absolute Gasteiger partial charge is 0.507 e. The Balaban J connectivity index is 1.36. The summed E-state index contributed by atoms with van der Waals surface area (Å²) in [6.45, 7) is 11.1. The van der Waals surface area contributed by atoms with E-state index in [1.165, 1.54) is 10.4 Å². The molecule has 10 nitrogen and oxygen atoms in total. The van der Waals surface area contributed by atoms with Gasteiger partial charge < -0.3 is 33.2 Å². The average Bonchev–Trinajstić information content (AvgIpc) is 3.67. The SMILES string of the molecule is COCOc1c(OC)c(C)cc2c1[C@@H]1[C@@H]3Cc4c(O)c(C)c5c(c4[C@H](CO[Si](c4ccccc4)(c4ccccc4)C(C)(C)C)N3[C@@H](C#N)[C@H](C2)N1C)OCO5. The second kappa shape index (κ2) is 14.2. The molecule has 0 amide bonds. The fourth-order valence-electron chi connectivity index (χ4n) is 10.2. The van der Waals surface area contributed by atoms with E-state index in [0.29, 0.717) is 41.4 Å². The van der Waals surface area contributed by atoms with Gasteiger partial charge in [-0.25, -0.2) is 0 Å². The quantitative estimate of drug-likeness (QED) is 0.160. The van der Waals surface area contributed by atoms with Gasteiger partial charge in [-0.2, -0.15) is 5.26 Å². The summed E-state index contributed by atoms with van der Waals surface area (Å²) < 4.78 is 37.9. The van der Waals surface area contributed by atoms with Crippen LogP contribution in [0.25, 0.3) is 0 Å². The van der Waals surface area contributed by atoms with Gasteiger partial charge in [0.15, 0.2) is 29.8 Å². The van der Waals surface area contributed by atoms with Gasteiger partial charge >= 0.3 is 0 Å². The van der Waals surface area contributed by atoms with E-state index in [9.17, 15) is 10.4 Å². The number of aryl methyl sites for hydroxylation is 1. The van der Waals surface area contributed by atoms with E-state index in [0.717, 1.165) is 27.8 Å². The summed E-state index contributed by atoms with van der Waals surface area (Å²) in [4.78, 5) is 4.72. The van der Waals surface area contributed by atoms with Crippen LogP contribution in [0.2, 0.25) is 5.04 Å². The molecule has 0 saturated carbocycles. The maximum Gasteiger partial charge on any atom is 0.261 e. The predicted molar refractivity (Wildman–Crippen MR) is 212 cm³/mol. The van der Waals surface area contributed by atoms with Crippen molar-refractivity contribution in [3.63, 3.8) is 0 Å². The number of phenolic OH excluding ortho intramolecular Hbond substituents is 1. The molecular formula is C44H51N3O7Si. The van der Waals surface area contributed by atoms with Crippen molar-refractivity contribution in [3.05, 3.63) is 100 Å². The van der Waals surface area contributed by atoms with Crippen LogP contribution < -0.4 is 29.3 Å². The molecule has 4 aromatic carbocycles. The van der Waals surface area contributed by atoms with Gasteiger partial charge in [-0.15, -0.1) is 0 Å². The molecule has 8 rings (SSSR count). The molecule has 4 aliphatic heterocycles. The van der Waals surface area contributed by atoms with Crippen LogP contribution in [0.3, 0.4) is 0 Å². The monoisotopic (exact) mass is 761 g/mol. The average molecular weight is 762 g/mol. The minimum absolute atomic E-state index is 0.0557. The standard InChI is InChI=1S/C44H51N3O7Si/c1-26-19-28-20-32-34(22-45)47-33(38(46(32)6)36(28)42(40(26)50-8)51-24-49-7)21-31-37(43-41(52-25-53-43)27(2)39(31)48)35(47)23-54-55(44(3,4)5,29-15-11-9-12-16-29)30-17-13-10-14-18-30/h9-19,32-35,38,48H,20-21,23-25H2,1-8H3/t32-,33-,34-,35-,38-/m0/s1. The van der Waals surface area contributed by atoms with Gasteiger partial charge in [0, 0.05) is 41.4 Å². The Morgan fingerprint density at radius 2 is 1.56 bits per heavy atom. The molecule has 0 aromatic heterocycles. The first-order chi connectivity index (χ1) is 26.5. The highest BCUT2D eigenvalue weighted by Gasteiger charge is 2.58. The van der Waals surface area contributed by atoms with Gasteiger partial charge in [-0.1, -0.05) is 87.5 Å². The van der Waals surface area contributed by atoms with Gasteiger partial charge in [-0.05, 0) is 60.3 Å². The molecule has 0 unspecified atom stereocenters. The molecule has 11 heteroatoms. The number of phenols is 1. The summed E-state index contributed by atoms with van der Waals surface area (Å²) in [7, 11) is 2.35. The molecule has 0 spiro atoms. The predicted octanol–water partition coefficient (Wildman–Crippen LogP) is 6.08. The first-order valence-electron chi connectivity index (χ1n) is 19.1. The summed E-state index contributed by atoms with van der Waals surface area (Å²) in [6, 6.07) is 24.6. The molecule has 1 N–H and O–H groups in total. The van der Waals surface area contributed by atoms with Gasteiger partial charge in [0.05, 0.1) is 31.9 Å². The van der Waals surface area contributed by atoms with Crippen molar-refractivity contribution in [3.8, 4) is 34.8 Å². The van der Waals surface area contributed by atoms with E-state index in [2.05, 4.69) is 98.3 Å². The highest BCUT2D eigenvalue weighted by Crippen LogP contribution is 2.58. The van der Waals surface area contributed by atoms with Crippen LogP contribution in [0.1, 0.15) is 66.2 Å². The number of hydrogen-bond donors (Lipinski definition) is 1. The van der Waals surface area contributed by atoms with Crippen LogP contribution >= 0.6 is 0 Å². The third kappa shape index (κ3) is 5.64. The first-order valence-corrected chi connectivity index (χ1v) is 21.0. The lowest BCUT2D eigenvalue weighted by molar-refractivity contribution is -0.0819. The zero-order chi connectivity index (χ0) is 38.8. The van der Waals surface area contributed by atoms with Crippen LogP contribution in [0, 0.1) is 25.2 Å². The van der Waals surface area contributed by atoms with Crippen molar-refractivity contribution in [2.45, 2.75) is 82.7 Å². The molecule has 288 valence electrons. The highest BCUT2D eigenvalue weighted by atomic mass is 28.4. The summed E-state index contributed by atoms with van der Waals surface area (Å²) in [5.74, 6) is 2.70. The Labute approximate surface area is 325 Å². The third-order valence-electron chi connectivity index (χ3n) is 12.5. The molecule has 55 heavy (non-hydrogen) atoms. The topological polar surface area (TPSA) is 106 Å². The van der Waals surface area contributed by atoms with Crippen molar-refractivity contribution in [2.75, 3.05) is 41.5 Å². The zero-order valence-electron chi connectivity index (χ0n) is 33.0. The number of rotatable bonds is 9. The van der Waals surface area contributed by atoms with Crippen LogP contribution in [-0.4, -0.2) is 82.8 Å². The second-order valence-corrected chi connectivity index (χ2v) is 20.6. The normalized spacial score (nSPS) is 23.0. The Hall–Kier alpha value is -4.57. The van der Waals surface area contributed by atoms with Crippen LogP contribution in [0.15, 0.2) is 66.7 Å². The molecule has 4 aliphatic rings. The number of benzene rings is 4. The van der Waals surface area contributed by atoms with Crippen molar-refractivity contribution < 1.29 is 33.2 Å².